The summed E-state index contributed by atoms with van der Waals surface area (Å²) in [5.41, 5.74) is 4.54. The van der Waals surface area contributed by atoms with Crippen molar-refractivity contribution < 1.29 is 41.5 Å². The zero-order valence-corrected chi connectivity index (χ0v) is 29.1. The molecule has 47 heavy (non-hydrogen) atoms. The Hall–Kier alpha value is -2.74. The van der Waals surface area contributed by atoms with Crippen molar-refractivity contribution in [1.29, 1.82) is 0 Å². The van der Waals surface area contributed by atoms with Gasteiger partial charge in [-0.25, -0.2) is 20.1 Å². The van der Waals surface area contributed by atoms with Crippen molar-refractivity contribution in [1.82, 2.24) is 24.7 Å². The number of imidazole rings is 1. The van der Waals surface area contributed by atoms with Gasteiger partial charge in [0.25, 0.3) is 0 Å². The largest absolute Gasteiger partial charge is 0.464 e. The Morgan fingerprint density at radius 2 is 1.68 bits per heavy atom. The first-order chi connectivity index (χ1) is 21.9. The molecule has 0 bridgehead atoms. The molecule has 2 atom stereocenters. The Labute approximate surface area is 274 Å². The van der Waals surface area contributed by atoms with Crippen molar-refractivity contribution in [2.75, 3.05) is 18.7 Å². The van der Waals surface area contributed by atoms with E-state index in [2.05, 4.69) is 27.1 Å². The van der Waals surface area contributed by atoms with Crippen LogP contribution in [0.5, 0.6) is 0 Å². The van der Waals surface area contributed by atoms with E-state index in [1.807, 2.05) is 0 Å². The van der Waals surface area contributed by atoms with Crippen LogP contribution in [0.4, 0.5) is 18.9 Å². The zero-order valence-electron chi connectivity index (χ0n) is 28.2. The predicted molar refractivity (Wildman–Crippen MR) is 172 cm³/mol. The number of nitrogen functional groups attached to an aromatic ring is 1. The SMILES string of the molecule is CCCCCCOC(=O)C(C)(C)NP(=O)(CO[C@H](C)Cn1cnc2c(N)ccnc21)NC(C)(C)C(=O)OC1CCC(C(F)(F)F)CC1. The highest BCUT2D eigenvalue weighted by atomic mass is 31.2. The molecular weight excluding hydrogens is 640 g/mol. The van der Waals surface area contributed by atoms with Crippen molar-refractivity contribution in [3.63, 3.8) is 0 Å². The van der Waals surface area contributed by atoms with Crippen molar-refractivity contribution in [2.45, 2.75) is 129 Å². The lowest BCUT2D eigenvalue weighted by molar-refractivity contribution is -0.189. The third-order valence-corrected chi connectivity index (χ3v) is 10.5. The van der Waals surface area contributed by atoms with Gasteiger partial charge in [0.15, 0.2) is 5.65 Å². The molecule has 16 heteroatoms. The van der Waals surface area contributed by atoms with Gasteiger partial charge >= 0.3 is 18.1 Å². The molecule has 1 unspecified atom stereocenters. The number of pyridine rings is 1. The summed E-state index contributed by atoms with van der Waals surface area (Å²) in [7, 11) is -3.94. The van der Waals surface area contributed by atoms with Crippen LogP contribution >= 0.6 is 7.44 Å². The number of hydrogen-bond acceptors (Lipinski definition) is 9. The minimum Gasteiger partial charge on any atom is -0.464 e. The highest BCUT2D eigenvalue weighted by molar-refractivity contribution is 7.59. The van der Waals surface area contributed by atoms with E-state index in [9.17, 15) is 27.3 Å². The number of carbonyl (C=O) groups excluding carboxylic acids is 2. The van der Waals surface area contributed by atoms with Gasteiger partial charge in [-0.15, -0.1) is 0 Å². The Balaban J connectivity index is 1.72. The molecule has 2 aromatic rings. The van der Waals surface area contributed by atoms with Crippen LogP contribution in [0.1, 0.15) is 92.9 Å². The molecule has 0 spiro atoms. The second-order valence-electron chi connectivity index (χ2n) is 13.4. The lowest BCUT2D eigenvalue weighted by Gasteiger charge is -2.37. The maximum atomic E-state index is 14.5. The second-order valence-corrected chi connectivity index (χ2v) is 15.6. The van der Waals surface area contributed by atoms with E-state index in [4.69, 9.17) is 19.9 Å². The Morgan fingerprint density at radius 1 is 1.04 bits per heavy atom. The van der Waals surface area contributed by atoms with Gasteiger partial charge in [-0.05, 0) is 72.8 Å². The Bertz CT molecular complexity index is 1390. The van der Waals surface area contributed by atoms with Gasteiger partial charge in [0.05, 0.1) is 37.2 Å². The number of nitrogens with zero attached hydrogens (tertiary/aromatic N) is 3. The average Bonchev–Trinajstić information content (AvgIpc) is 3.39. The summed E-state index contributed by atoms with van der Waals surface area (Å²) in [4.78, 5) is 35.0. The Kier molecular flexibility index (Phi) is 13.3. The van der Waals surface area contributed by atoms with Gasteiger partial charge in [-0.3, -0.25) is 14.2 Å². The van der Waals surface area contributed by atoms with Crippen LogP contribution in [0.25, 0.3) is 11.2 Å². The second kappa shape index (κ2) is 16.1. The number of alkyl halides is 3. The molecule has 2 aromatic heterocycles. The molecule has 0 aromatic carbocycles. The predicted octanol–water partition coefficient (Wildman–Crippen LogP) is 6.09. The molecule has 12 nitrogen and oxygen atoms in total. The van der Waals surface area contributed by atoms with E-state index < -0.39 is 61.1 Å². The molecule has 2 heterocycles. The minimum atomic E-state index is -4.29. The number of nitrogens with one attached hydrogen (secondary N) is 2. The number of unbranched alkanes of at least 4 members (excludes halogenated alkanes) is 3. The molecule has 1 aliphatic rings. The lowest BCUT2D eigenvalue weighted by atomic mass is 9.87. The lowest BCUT2D eigenvalue weighted by Crippen LogP contribution is -2.54. The van der Waals surface area contributed by atoms with Crippen LogP contribution < -0.4 is 15.9 Å². The molecule has 4 N–H and O–H groups in total. The molecule has 1 aliphatic carbocycles. The van der Waals surface area contributed by atoms with Crippen molar-refractivity contribution >= 4 is 36.2 Å². The van der Waals surface area contributed by atoms with E-state index in [-0.39, 0.29) is 38.8 Å². The number of carbonyl (C=O) groups is 2. The summed E-state index contributed by atoms with van der Waals surface area (Å²) < 4.78 is 72.7. The number of ether oxygens (including phenoxy) is 3. The maximum Gasteiger partial charge on any atom is 0.391 e. The van der Waals surface area contributed by atoms with Gasteiger partial charge < -0.3 is 24.5 Å². The van der Waals surface area contributed by atoms with Gasteiger partial charge in [0.2, 0.25) is 7.44 Å². The standard InChI is InChI=1S/C31H50F3N6O6P/c1-7-8-9-10-17-44-27(41)29(3,4)38-47(43,20-45-21(2)18-40-19-37-25-24(35)15-16-36-26(25)40)39-30(5,6)28(42)46-23-13-11-22(12-14-23)31(32,33)34/h15-16,19,21-23H,7-14,17-18,20H2,1-6H3,(H2,35,36)(H2,38,39,43)/t21-,22?,23?,47?/m1/s1. The maximum absolute atomic E-state index is 14.5. The normalized spacial score (nSPS) is 19.7. The number of esters is 2. The zero-order chi connectivity index (χ0) is 35.0. The minimum absolute atomic E-state index is 0.0725. The number of fused-ring (bicyclic) bond motifs is 1. The molecule has 0 aliphatic heterocycles. The summed E-state index contributed by atoms with van der Waals surface area (Å²) in [6, 6.07) is 1.64. The van der Waals surface area contributed by atoms with Crippen LogP contribution in [0, 0.1) is 5.92 Å². The monoisotopic (exact) mass is 690 g/mol. The fraction of sp³-hybridized carbons (Fsp3) is 0.742. The van der Waals surface area contributed by atoms with Gasteiger partial charge in [0.1, 0.15) is 29.0 Å². The highest BCUT2D eigenvalue weighted by Crippen LogP contribution is 2.43. The van der Waals surface area contributed by atoms with Gasteiger partial charge in [-0.1, -0.05) is 26.2 Å². The molecule has 0 saturated heterocycles. The number of hydrogen-bond donors (Lipinski definition) is 3. The fourth-order valence-corrected chi connectivity index (χ4v) is 8.08. The van der Waals surface area contributed by atoms with Crippen LogP contribution in [0.15, 0.2) is 18.6 Å². The summed E-state index contributed by atoms with van der Waals surface area (Å²) >= 11 is 0. The van der Waals surface area contributed by atoms with Crippen molar-refractivity contribution in [3.05, 3.63) is 18.6 Å². The Morgan fingerprint density at radius 3 is 2.30 bits per heavy atom. The number of nitrogens with two attached hydrogens (primary N) is 1. The van der Waals surface area contributed by atoms with Crippen LogP contribution in [-0.2, 0) is 34.9 Å². The first-order valence-electron chi connectivity index (χ1n) is 16.2. The number of aromatic nitrogens is 3. The van der Waals surface area contributed by atoms with E-state index in [1.54, 1.807) is 30.1 Å². The number of anilines is 1. The smallest absolute Gasteiger partial charge is 0.391 e. The summed E-state index contributed by atoms with van der Waals surface area (Å²) in [6.45, 7) is 10.3. The van der Waals surface area contributed by atoms with Crippen LogP contribution in [0.3, 0.4) is 0 Å². The molecule has 1 saturated carbocycles. The summed E-state index contributed by atoms with van der Waals surface area (Å²) in [5, 5.41) is 5.72. The van der Waals surface area contributed by atoms with Crippen LogP contribution in [0.2, 0.25) is 0 Å². The third-order valence-electron chi connectivity index (χ3n) is 8.11. The molecule has 0 radical (unpaired) electrons. The summed E-state index contributed by atoms with van der Waals surface area (Å²) in [6.07, 6.45) is 0.719. The molecule has 0 amide bonds. The van der Waals surface area contributed by atoms with E-state index in [0.29, 0.717) is 23.3 Å². The van der Waals surface area contributed by atoms with E-state index in [0.717, 1.165) is 19.3 Å². The molecule has 266 valence electrons. The summed E-state index contributed by atoms with van der Waals surface area (Å²) in [5.74, 6) is -2.83. The van der Waals surface area contributed by atoms with Gasteiger partial charge in [0, 0.05) is 6.20 Å². The molecule has 1 fully saturated rings. The van der Waals surface area contributed by atoms with Crippen molar-refractivity contribution in [2.24, 2.45) is 5.92 Å². The number of halogens is 3. The highest BCUT2D eigenvalue weighted by Gasteiger charge is 2.45. The first kappa shape index (κ1) is 38.7. The average molecular weight is 691 g/mol. The van der Waals surface area contributed by atoms with Gasteiger partial charge in [-0.2, -0.15) is 13.2 Å². The van der Waals surface area contributed by atoms with Crippen molar-refractivity contribution in [3.8, 4) is 0 Å². The van der Waals surface area contributed by atoms with Crippen LogP contribution in [-0.4, -0.2) is 68.9 Å². The topological polar surface area (TPSA) is 160 Å². The van der Waals surface area contributed by atoms with E-state index >= 15 is 0 Å². The third kappa shape index (κ3) is 11.2. The quantitative estimate of drug-likeness (QED) is 0.100. The first-order valence-corrected chi connectivity index (χ1v) is 18.1. The molecular formula is C31H50F3N6O6P. The molecule has 3 rings (SSSR count). The fourth-order valence-electron chi connectivity index (χ4n) is 5.45. The van der Waals surface area contributed by atoms with E-state index in [1.165, 1.54) is 27.7 Å². The number of rotatable bonds is 17.